The van der Waals surface area contributed by atoms with Gasteiger partial charge in [0.1, 0.15) is 29.8 Å². The largest absolute Gasteiger partial charge is 0.481 e. The molecule has 1 saturated heterocycles. The minimum atomic E-state index is -5.54. The van der Waals surface area contributed by atoms with Crippen LogP contribution in [-0.2, 0) is 45.9 Å². The highest BCUT2D eigenvalue weighted by atomic mass is 31.3. The fourth-order valence-corrected chi connectivity index (χ4v) is 7.69. The summed E-state index contributed by atoms with van der Waals surface area (Å²) in [6, 6.07) is 0. The molecular formula is C26H45N6O16P3. The number of imidazole rings is 1. The second kappa shape index (κ2) is 17.2. The van der Waals surface area contributed by atoms with Gasteiger partial charge in [0.15, 0.2) is 12.0 Å². The van der Waals surface area contributed by atoms with Gasteiger partial charge in [-0.05, 0) is 18.9 Å². The van der Waals surface area contributed by atoms with Crippen molar-refractivity contribution in [2.24, 2.45) is 22.1 Å². The summed E-state index contributed by atoms with van der Waals surface area (Å²) >= 11 is 0. The summed E-state index contributed by atoms with van der Waals surface area (Å²) in [7, 11) is -16.3. The van der Waals surface area contributed by atoms with Crippen molar-refractivity contribution in [1.82, 2.24) is 20.2 Å². The lowest BCUT2D eigenvalue weighted by Gasteiger charge is -2.30. The Labute approximate surface area is 292 Å². The summed E-state index contributed by atoms with van der Waals surface area (Å²) in [6.07, 6.45) is -5.25. The quantitative estimate of drug-likeness (QED) is 0.0741. The molecule has 1 fully saturated rings. The van der Waals surface area contributed by atoms with Gasteiger partial charge in [0.05, 0.1) is 24.9 Å². The highest BCUT2D eigenvalue weighted by Crippen LogP contribution is 2.61. The number of rotatable bonds is 18. The lowest BCUT2D eigenvalue weighted by Crippen LogP contribution is -2.46. The third-order valence-electron chi connectivity index (χ3n) is 7.79. The molecule has 3 heterocycles. The van der Waals surface area contributed by atoms with E-state index >= 15 is 0 Å². The van der Waals surface area contributed by atoms with Crippen LogP contribution in [0.2, 0.25) is 0 Å². The molecule has 22 nitrogen and oxygen atoms in total. The van der Waals surface area contributed by atoms with Crippen LogP contribution in [0, 0.1) is 11.3 Å². The van der Waals surface area contributed by atoms with Crippen LogP contribution in [0.3, 0.4) is 0 Å². The number of nitrogens with two attached hydrogens (primary N) is 1. The number of fused-ring (bicyclic) bond motifs is 1. The monoisotopic (exact) mass is 790 g/mol. The van der Waals surface area contributed by atoms with Gasteiger partial charge in [0.25, 0.3) is 0 Å². The summed E-state index contributed by atoms with van der Waals surface area (Å²) in [5.74, 6) is -1.46. The van der Waals surface area contributed by atoms with E-state index < -0.39 is 78.6 Å². The summed E-state index contributed by atoms with van der Waals surface area (Å²) in [5.41, 5.74) is 5.14. The number of carbonyl (C=O) groups excluding carboxylic acids is 2. The van der Waals surface area contributed by atoms with Crippen LogP contribution in [0.1, 0.15) is 53.7 Å². The van der Waals surface area contributed by atoms with Gasteiger partial charge in [-0.15, -0.1) is 0 Å². The molecule has 0 radical (unpaired) electrons. The number of phosphoric ester groups is 3. The minimum Gasteiger partial charge on any atom is -0.386 e. The van der Waals surface area contributed by atoms with Crippen molar-refractivity contribution < 1.29 is 75.7 Å². The number of aliphatic imine (C=N–C) groups is 1. The number of nitrogens with one attached hydrogen (secondary N) is 2. The molecule has 2 aliphatic rings. The predicted octanol–water partition coefficient (Wildman–Crippen LogP) is -1.79. The van der Waals surface area contributed by atoms with E-state index in [0.717, 1.165) is 0 Å². The normalized spacial score (nSPS) is 25.4. The van der Waals surface area contributed by atoms with Crippen molar-refractivity contribution >= 4 is 52.9 Å². The molecule has 25 heteroatoms. The number of amides is 2. The lowest BCUT2D eigenvalue weighted by atomic mass is 9.87. The van der Waals surface area contributed by atoms with Gasteiger partial charge >= 0.3 is 23.5 Å². The maximum absolute atomic E-state index is 12.7. The van der Waals surface area contributed by atoms with E-state index in [-0.39, 0.29) is 36.0 Å². The second-order valence-electron chi connectivity index (χ2n) is 12.5. The summed E-state index contributed by atoms with van der Waals surface area (Å²) < 4.78 is 62.7. The number of nitrogens with zero attached hydrogens (tertiary/aromatic N) is 3. The Morgan fingerprint density at radius 1 is 1.12 bits per heavy atom. The maximum Gasteiger partial charge on any atom is 0.481 e. The van der Waals surface area contributed by atoms with E-state index in [1.165, 1.54) is 24.7 Å². The van der Waals surface area contributed by atoms with Crippen LogP contribution in [0.25, 0.3) is 11.4 Å². The van der Waals surface area contributed by atoms with Gasteiger partial charge < -0.3 is 55.5 Å². The molecule has 0 saturated carbocycles. The Morgan fingerprint density at radius 3 is 2.39 bits per heavy atom. The molecular weight excluding hydrogens is 745 g/mol. The molecule has 8 unspecified atom stereocenters. The number of aromatic nitrogens is 2. The molecule has 1 aromatic rings. The Kier molecular flexibility index (Phi) is 14.5. The summed E-state index contributed by atoms with van der Waals surface area (Å²) in [6.45, 7) is 6.36. The highest BCUT2D eigenvalue weighted by Gasteiger charge is 2.50. The van der Waals surface area contributed by atoms with Crippen LogP contribution in [0.15, 0.2) is 11.3 Å². The zero-order valence-electron chi connectivity index (χ0n) is 28.4. The van der Waals surface area contributed by atoms with Crippen molar-refractivity contribution in [3.63, 3.8) is 0 Å². The first-order valence-electron chi connectivity index (χ1n) is 15.5. The van der Waals surface area contributed by atoms with Crippen molar-refractivity contribution in [2.75, 3.05) is 26.3 Å². The second-order valence-corrected chi connectivity index (χ2v) is 16.7. The number of carbonyl (C=O) groups is 2. The predicted molar refractivity (Wildman–Crippen MR) is 176 cm³/mol. The van der Waals surface area contributed by atoms with E-state index in [2.05, 4.69) is 24.9 Å². The smallest absolute Gasteiger partial charge is 0.386 e. The standard InChI is InChI=1S/C26H45N6O16P3/c1-6-8-28-17(33)7-9-29-24(36)22(35)26(4,5)12-45-51(42,43)48-50(40,41)44-11-16-21(47-49(37,38)39)20(34)25(46-16)32-13-31-18-19(32)15(3)14(2)10-30-23(18)27/h10,13-14,16,20-22,25,34-35H,6-9,11-12,27H2,1-5H3,(H,28,33)(H,29,36)(H,40,41)(H,42,43)(H2,37,38,39). The average molecular weight is 791 g/mol. The number of aliphatic hydroxyl groups excluding tert-OH is 2. The molecule has 0 spiro atoms. The van der Waals surface area contributed by atoms with Crippen molar-refractivity contribution in [3.8, 4) is 0 Å². The zero-order chi connectivity index (χ0) is 38.5. The van der Waals surface area contributed by atoms with Gasteiger partial charge in [-0.25, -0.2) is 23.7 Å². The molecule has 2 aliphatic heterocycles. The molecule has 0 bridgehead atoms. The first-order chi connectivity index (χ1) is 23.5. The number of hydrogen-bond acceptors (Lipinski definition) is 15. The van der Waals surface area contributed by atoms with Crippen LogP contribution in [0.5, 0.6) is 0 Å². The summed E-state index contributed by atoms with van der Waals surface area (Å²) in [5, 5.41) is 27.1. The molecule has 51 heavy (non-hydrogen) atoms. The first kappa shape index (κ1) is 43.0. The Morgan fingerprint density at radius 2 is 1.76 bits per heavy atom. The number of hydrogen-bond donors (Lipinski definition) is 9. The zero-order valence-corrected chi connectivity index (χ0v) is 31.1. The Balaban J connectivity index is 1.67. The van der Waals surface area contributed by atoms with Crippen LogP contribution >= 0.6 is 23.5 Å². The van der Waals surface area contributed by atoms with Crippen molar-refractivity contribution in [1.29, 1.82) is 0 Å². The fourth-order valence-electron chi connectivity index (χ4n) is 4.86. The van der Waals surface area contributed by atoms with Crippen molar-refractivity contribution in [3.05, 3.63) is 17.0 Å². The fraction of sp³-hybridized carbons (Fsp3) is 0.692. The topological polar surface area (TPSA) is 333 Å². The number of phosphoric acid groups is 3. The van der Waals surface area contributed by atoms with Gasteiger partial charge in [-0.1, -0.05) is 27.7 Å². The van der Waals surface area contributed by atoms with E-state index in [1.807, 2.05) is 13.8 Å². The number of aliphatic hydroxyl groups is 2. The first-order valence-corrected chi connectivity index (χ1v) is 20.0. The Hall–Kier alpha value is -2.39. The molecule has 0 aliphatic carbocycles. The summed E-state index contributed by atoms with van der Waals surface area (Å²) in [4.78, 5) is 71.8. The minimum absolute atomic E-state index is 0.0432. The third-order valence-corrected chi connectivity index (χ3v) is 10.9. The highest BCUT2D eigenvalue weighted by molar-refractivity contribution is 7.61. The van der Waals surface area contributed by atoms with Crippen molar-refractivity contribution in [2.45, 2.75) is 78.1 Å². The molecule has 10 N–H and O–H groups in total. The van der Waals surface area contributed by atoms with Gasteiger partial charge in [0, 0.05) is 37.1 Å². The molecule has 2 amide bonds. The van der Waals surface area contributed by atoms with Crippen LogP contribution in [-0.4, -0.2) is 108 Å². The van der Waals surface area contributed by atoms with E-state index in [9.17, 15) is 53.1 Å². The Bertz CT molecular complexity index is 1730. The molecule has 1 aromatic heterocycles. The lowest BCUT2D eigenvalue weighted by molar-refractivity contribution is -0.137. The molecule has 8 atom stereocenters. The average Bonchev–Trinajstić information content (AvgIpc) is 3.56. The third kappa shape index (κ3) is 11.8. The van der Waals surface area contributed by atoms with Crippen LogP contribution < -0.4 is 27.1 Å². The maximum atomic E-state index is 12.7. The molecule has 290 valence electrons. The number of ether oxygens (including phenoxy) is 1. The molecule has 3 rings (SSSR count). The van der Waals surface area contributed by atoms with Gasteiger partial charge in [0.2, 0.25) is 11.8 Å². The van der Waals surface area contributed by atoms with E-state index in [1.54, 1.807) is 13.1 Å². The molecule has 0 aromatic carbocycles. The van der Waals surface area contributed by atoms with E-state index in [0.29, 0.717) is 23.9 Å². The van der Waals surface area contributed by atoms with E-state index in [4.69, 9.17) is 24.0 Å². The van der Waals surface area contributed by atoms with Crippen LogP contribution in [0.4, 0.5) is 0 Å². The van der Waals surface area contributed by atoms with Gasteiger partial charge in [-0.3, -0.25) is 23.2 Å². The van der Waals surface area contributed by atoms with Gasteiger partial charge in [-0.2, -0.15) is 4.31 Å². The SMILES string of the molecule is CCCNC(=O)CCNC(=O)C(O)C(C)(C)COP(=O)(O)OP(=O)(O)OCC1OC(n2cnc3c2=C(C)C(C)C=NC=3N)C(O)C1OP(=O)(O)O.